The van der Waals surface area contributed by atoms with Gasteiger partial charge in [0, 0.05) is 21.5 Å². The number of hydrogen-bond donors (Lipinski definition) is 2. The van der Waals surface area contributed by atoms with Crippen molar-refractivity contribution in [1.29, 1.82) is 0 Å². The van der Waals surface area contributed by atoms with Gasteiger partial charge in [-0.15, -0.1) is 11.3 Å². The van der Waals surface area contributed by atoms with Crippen LogP contribution in [-0.4, -0.2) is 16.8 Å². The molecule has 0 bridgehead atoms. The summed E-state index contributed by atoms with van der Waals surface area (Å²) in [6.07, 6.45) is 2.90. The van der Waals surface area contributed by atoms with E-state index < -0.39 is 5.91 Å². The van der Waals surface area contributed by atoms with Crippen LogP contribution in [-0.2, 0) is 4.79 Å². The lowest BCUT2D eigenvalue weighted by atomic mass is 10.2. The van der Waals surface area contributed by atoms with Crippen molar-refractivity contribution in [2.75, 3.05) is 0 Å². The molecule has 0 fully saturated rings. The highest BCUT2D eigenvalue weighted by atomic mass is 79.9. The average molecular weight is 366 g/mol. The van der Waals surface area contributed by atoms with Crippen molar-refractivity contribution in [2.45, 2.75) is 6.92 Å². The van der Waals surface area contributed by atoms with Gasteiger partial charge in [-0.25, -0.2) is 4.98 Å². The van der Waals surface area contributed by atoms with Crippen LogP contribution in [0.15, 0.2) is 40.2 Å². The van der Waals surface area contributed by atoms with E-state index in [4.69, 9.17) is 0 Å². The van der Waals surface area contributed by atoms with Crippen LogP contribution in [0.5, 0.6) is 0 Å². The number of nitrogens with one attached hydrogen (secondary N) is 2. The maximum Gasteiger partial charge on any atom is 0.269 e. The fourth-order valence-electron chi connectivity index (χ4n) is 1.45. The molecule has 1 aromatic heterocycles. The van der Waals surface area contributed by atoms with E-state index in [-0.39, 0.29) is 5.91 Å². The van der Waals surface area contributed by atoms with Crippen molar-refractivity contribution in [3.05, 3.63) is 56.5 Å². The lowest BCUT2D eigenvalue weighted by Gasteiger charge is -2.05. The van der Waals surface area contributed by atoms with Crippen LogP contribution in [0.1, 0.15) is 21.1 Å². The number of benzene rings is 1. The Kier molecular flexibility index (Phi) is 5.24. The van der Waals surface area contributed by atoms with E-state index in [1.807, 2.05) is 12.3 Å². The molecule has 0 radical (unpaired) electrons. The van der Waals surface area contributed by atoms with Gasteiger partial charge < -0.3 is 0 Å². The molecule has 0 atom stereocenters. The minimum Gasteiger partial charge on any atom is -0.268 e. The van der Waals surface area contributed by atoms with Crippen molar-refractivity contribution in [3.63, 3.8) is 0 Å². The first-order valence-corrected chi connectivity index (χ1v) is 7.68. The number of aryl methyl sites for hydroxylation is 1. The third-order valence-corrected chi connectivity index (χ3v) is 3.77. The van der Waals surface area contributed by atoms with Gasteiger partial charge in [0.2, 0.25) is 0 Å². The first kappa shape index (κ1) is 15.4. The van der Waals surface area contributed by atoms with E-state index in [1.165, 1.54) is 17.4 Å². The predicted octanol–water partition coefficient (Wildman–Crippen LogP) is 2.69. The molecule has 0 aliphatic rings. The van der Waals surface area contributed by atoms with Gasteiger partial charge in [-0.1, -0.05) is 15.9 Å². The summed E-state index contributed by atoms with van der Waals surface area (Å²) in [6.45, 7) is 1.89. The second-order valence-electron chi connectivity index (χ2n) is 4.07. The summed E-state index contributed by atoms with van der Waals surface area (Å²) in [4.78, 5) is 27.5. The Balaban J connectivity index is 1.85. The minimum atomic E-state index is -0.425. The summed E-state index contributed by atoms with van der Waals surface area (Å²) in [6, 6.07) is 6.81. The topological polar surface area (TPSA) is 71.1 Å². The summed E-state index contributed by atoms with van der Waals surface area (Å²) in [5.74, 6) is -0.806. The van der Waals surface area contributed by atoms with Gasteiger partial charge >= 0.3 is 0 Å². The van der Waals surface area contributed by atoms with Crippen LogP contribution in [0.2, 0.25) is 0 Å². The molecule has 0 aliphatic heterocycles. The monoisotopic (exact) mass is 365 g/mol. The van der Waals surface area contributed by atoms with Crippen LogP contribution < -0.4 is 10.9 Å². The Bertz CT molecular complexity index is 680. The van der Waals surface area contributed by atoms with Gasteiger partial charge in [0.15, 0.2) is 0 Å². The van der Waals surface area contributed by atoms with Crippen molar-refractivity contribution in [2.24, 2.45) is 0 Å². The van der Waals surface area contributed by atoms with Crippen LogP contribution in [0, 0.1) is 6.92 Å². The van der Waals surface area contributed by atoms with Gasteiger partial charge in [-0.2, -0.15) is 0 Å². The van der Waals surface area contributed by atoms with Gasteiger partial charge in [0.25, 0.3) is 11.8 Å². The van der Waals surface area contributed by atoms with Crippen molar-refractivity contribution in [3.8, 4) is 0 Å². The van der Waals surface area contributed by atoms with Gasteiger partial charge in [-0.3, -0.25) is 20.4 Å². The number of thiazole rings is 1. The second-order valence-corrected chi connectivity index (χ2v) is 6.05. The number of aromatic nitrogens is 1. The summed E-state index contributed by atoms with van der Waals surface area (Å²) >= 11 is 4.79. The van der Waals surface area contributed by atoms with Crippen LogP contribution >= 0.6 is 27.3 Å². The molecule has 0 saturated carbocycles. The zero-order chi connectivity index (χ0) is 15.2. The smallest absolute Gasteiger partial charge is 0.268 e. The van der Waals surface area contributed by atoms with E-state index in [0.29, 0.717) is 11.3 Å². The van der Waals surface area contributed by atoms with E-state index in [1.54, 1.807) is 30.3 Å². The second kappa shape index (κ2) is 7.14. The maximum atomic E-state index is 11.8. The molecule has 2 rings (SSSR count). The number of hydrazine groups is 1. The fraction of sp³-hybridized carbons (Fsp3) is 0.0714. The predicted molar refractivity (Wildman–Crippen MR) is 85.6 cm³/mol. The number of carbonyl (C=O) groups is 2. The molecule has 2 amide bonds. The number of hydrogen-bond acceptors (Lipinski definition) is 4. The van der Waals surface area contributed by atoms with Gasteiger partial charge in [-0.05, 0) is 37.3 Å². The molecule has 0 saturated heterocycles. The molecule has 7 heteroatoms. The number of carbonyl (C=O) groups excluding carboxylic acids is 2. The largest absolute Gasteiger partial charge is 0.269 e. The molecule has 0 unspecified atom stereocenters. The molecule has 108 valence electrons. The fourth-order valence-corrected chi connectivity index (χ4v) is 2.30. The third kappa shape index (κ3) is 4.80. The average Bonchev–Trinajstić information content (AvgIpc) is 2.89. The van der Waals surface area contributed by atoms with Crippen LogP contribution in [0.3, 0.4) is 0 Å². The minimum absolute atomic E-state index is 0.381. The quantitative estimate of drug-likeness (QED) is 0.648. The zero-order valence-electron chi connectivity index (χ0n) is 11.1. The molecule has 2 aromatic rings. The zero-order valence-corrected chi connectivity index (χ0v) is 13.5. The first-order chi connectivity index (χ1) is 10.0. The first-order valence-electron chi connectivity index (χ1n) is 6.00. The number of rotatable bonds is 3. The summed E-state index contributed by atoms with van der Waals surface area (Å²) in [5, 5.41) is 2.78. The highest BCUT2D eigenvalue weighted by Gasteiger charge is 2.05. The van der Waals surface area contributed by atoms with Gasteiger partial charge in [0.05, 0.1) is 10.7 Å². The number of nitrogens with zero attached hydrogens (tertiary/aromatic N) is 1. The Morgan fingerprint density at radius 2 is 1.95 bits per heavy atom. The molecular weight excluding hydrogens is 354 g/mol. The molecule has 1 heterocycles. The summed E-state index contributed by atoms with van der Waals surface area (Å²) < 4.78 is 0.879. The van der Waals surface area contributed by atoms with E-state index in [9.17, 15) is 9.59 Å². The van der Waals surface area contributed by atoms with Crippen molar-refractivity contribution in [1.82, 2.24) is 15.8 Å². The highest BCUT2D eigenvalue weighted by Crippen LogP contribution is 2.10. The lowest BCUT2D eigenvalue weighted by Crippen LogP contribution is -2.40. The molecule has 2 N–H and O–H groups in total. The van der Waals surface area contributed by atoms with E-state index >= 15 is 0 Å². The van der Waals surface area contributed by atoms with E-state index in [2.05, 4.69) is 31.8 Å². The number of amides is 2. The Labute approximate surface area is 134 Å². The maximum absolute atomic E-state index is 11.8. The molecule has 5 nitrogen and oxygen atoms in total. The highest BCUT2D eigenvalue weighted by molar-refractivity contribution is 9.10. The van der Waals surface area contributed by atoms with Crippen LogP contribution in [0.25, 0.3) is 6.08 Å². The van der Waals surface area contributed by atoms with Crippen molar-refractivity contribution >= 4 is 45.2 Å². The SMILES string of the molecule is Cc1nc(C=CC(=O)NNC(=O)c2ccc(Br)cc2)cs1. The lowest BCUT2D eigenvalue weighted by molar-refractivity contribution is -0.117. The molecule has 0 spiro atoms. The number of halogens is 1. The molecular formula is C14H12BrN3O2S. The summed E-state index contributed by atoms with van der Waals surface area (Å²) in [5.41, 5.74) is 5.82. The van der Waals surface area contributed by atoms with Crippen LogP contribution in [0.4, 0.5) is 0 Å². The van der Waals surface area contributed by atoms with Gasteiger partial charge in [0.1, 0.15) is 0 Å². The normalized spacial score (nSPS) is 10.6. The Morgan fingerprint density at radius 3 is 2.57 bits per heavy atom. The Morgan fingerprint density at radius 1 is 1.24 bits per heavy atom. The van der Waals surface area contributed by atoms with E-state index in [0.717, 1.165) is 9.48 Å². The third-order valence-electron chi connectivity index (χ3n) is 2.45. The van der Waals surface area contributed by atoms with Crippen molar-refractivity contribution < 1.29 is 9.59 Å². The Hall–Kier alpha value is -1.99. The molecule has 1 aromatic carbocycles. The molecule has 21 heavy (non-hydrogen) atoms. The summed E-state index contributed by atoms with van der Waals surface area (Å²) in [7, 11) is 0. The molecule has 0 aliphatic carbocycles. The standard InChI is InChI=1S/C14H12BrN3O2S/c1-9-16-12(8-21-9)6-7-13(19)17-18-14(20)10-2-4-11(15)5-3-10/h2-8H,1H3,(H,17,19)(H,18,20).